The molecule has 0 radical (unpaired) electrons. The summed E-state index contributed by atoms with van der Waals surface area (Å²) in [6.07, 6.45) is 8.05. The van der Waals surface area contributed by atoms with Crippen LogP contribution < -0.4 is 9.47 Å². The second-order valence-electron chi connectivity index (χ2n) is 10.1. The van der Waals surface area contributed by atoms with E-state index in [1.807, 2.05) is 84.3 Å². The summed E-state index contributed by atoms with van der Waals surface area (Å²) in [6, 6.07) is 21.9. The number of aryl methyl sites for hydroxylation is 2. The molecule has 0 amide bonds. The van der Waals surface area contributed by atoms with E-state index in [1.54, 1.807) is 7.11 Å². The molecule has 0 unspecified atom stereocenters. The van der Waals surface area contributed by atoms with Gasteiger partial charge in [0.1, 0.15) is 18.0 Å². The molecule has 0 bridgehead atoms. The minimum absolute atomic E-state index is 0.0766. The number of hydrogen-bond acceptors (Lipinski definition) is 4. The van der Waals surface area contributed by atoms with Crippen LogP contribution in [0.1, 0.15) is 53.6 Å². The summed E-state index contributed by atoms with van der Waals surface area (Å²) in [5, 5.41) is 19.6. The number of aliphatic carboxylic acids is 2. The molecule has 4 aromatic rings. The molecule has 7 heteroatoms. The summed E-state index contributed by atoms with van der Waals surface area (Å²) in [6.45, 7) is 2.39. The summed E-state index contributed by atoms with van der Waals surface area (Å²) >= 11 is 0. The maximum atomic E-state index is 11.7. The number of carbonyl (C=O) groups is 2. The van der Waals surface area contributed by atoms with Crippen molar-refractivity contribution in [2.45, 2.75) is 52.0 Å². The topological polar surface area (TPSA) is 98.0 Å². The van der Waals surface area contributed by atoms with Gasteiger partial charge in [0.05, 0.1) is 19.2 Å². The smallest absolute Gasteiger partial charge is 0.323 e. The van der Waals surface area contributed by atoms with E-state index in [0.717, 1.165) is 64.0 Å². The standard InChI is InChI=1S/C34H37NO6/c1-24-29(12-8-15-32(36)37)30-13-7-11-27(34(30)35(24)23-33(38)39)19-16-25-17-20-28(21-18-25)41-22-6-5-10-26-9-3-4-14-31(26)40-2/h3-4,7,9,11,13-14,16-21H,5-6,8,10,12,15,22-23H2,1-2H3,(H,36,37)(H,38,39)/b19-16+. The predicted molar refractivity (Wildman–Crippen MR) is 162 cm³/mol. The van der Waals surface area contributed by atoms with Gasteiger partial charge in [-0.3, -0.25) is 9.59 Å². The number of carboxylic acids is 2. The number of nitrogens with zero attached hydrogens (tertiary/aromatic N) is 1. The number of fused-ring (bicyclic) bond motifs is 1. The molecule has 0 fully saturated rings. The summed E-state index contributed by atoms with van der Waals surface area (Å²) in [5.74, 6) is -0.00878. The number of ether oxygens (including phenoxy) is 2. The molecule has 4 rings (SSSR count). The van der Waals surface area contributed by atoms with E-state index in [0.29, 0.717) is 19.4 Å². The highest BCUT2D eigenvalue weighted by molar-refractivity contribution is 5.95. The number of benzene rings is 3. The summed E-state index contributed by atoms with van der Waals surface area (Å²) < 4.78 is 13.2. The molecule has 0 aliphatic heterocycles. The fraction of sp³-hybridized carbons (Fsp3) is 0.294. The summed E-state index contributed by atoms with van der Waals surface area (Å²) in [5.41, 5.74) is 5.83. The van der Waals surface area contributed by atoms with Crippen LogP contribution in [0, 0.1) is 6.92 Å². The Labute approximate surface area is 240 Å². The Balaban J connectivity index is 1.41. The quantitative estimate of drug-likeness (QED) is 0.121. The average molecular weight is 556 g/mol. The Hall–Kier alpha value is -4.52. The second kappa shape index (κ2) is 14.2. The van der Waals surface area contributed by atoms with Gasteiger partial charge in [-0.05, 0) is 79.5 Å². The number of rotatable bonds is 15. The number of carboxylic acid groups (broad SMARTS) is 2. The number of para-hydroxylation sites is 2. The molecule has 0 spiro atoms. The molecule has 1 aromatic heterocycles. The lowest BCUT2D eigenvalue weighted by molar-refractivity contribution is -0.138. The van der Waals surface area contributed by atoms with E-state index in [-0.39, 0.29) is 13.0 Å². The molecule has 0 aliphatic carbocycles. The molecule has 214 valence electrons. The van der Waals surface area contributed by atoms with E-state index in [9.17, 15) is 14.7 Å². The number of unbranched alkanes of at least 4 members (excludes halogenated alkanes) is 1. The molecule has 2 N–H and O–H groups in total. The van der Waals surface area contributed by atoms with Crippen LogP contribution in [-0.2, 0) is 29.0 Å². The number of hydrogen-bond donors (Lipinski definition) is 2. The third-order valence-electron chi connectivity index (χ3n) is 7.25. The zero-order valence-corrected chi connectivity index (χ0v) is 23.6. The van der Waals surface area contributed by atoms with Crippen molar-refractivity contribution in [1.82, 2.24) is 4.57 Å². The first-order chi connectivity index (χ1) is 19.9. The number of aromatic nitrogens is 1. The van der Waals surface area contributed by atoms with Crippen LogP contribution in [0.25, 0.3) is 23.1 Å². The van der Waals surface area contributed by atoms with Gasteiger partial charge in [0, 0.05) is 17.5 Å². The van der Waals surface area contributed by atoms with Gasteiger partial charge < -0.3 is 24.3 Å². The molecule has 41 heavy (non-hydrogen) atoms. The maximum Gasteiger partial charge on any atom is 0.323 e. The monoisotopic (exact) mass is 555 g/mol. The highest BCUT2D eigenvalue weighted by Crippen LogP contribution is 2.31. The Morgan fingerprint density at radius 2 is 1.63 bits per heavy atom. The molecule has 0 atom stereocenters. The molecule has 0 saturated heterocycles. The maximum absolute atomic E-state index is 11.7. The lowest BCUT2D eigenvalue weighted by Gasteiger charge is -2.09. The van der Waals surface area contributed by atoms with Gasteiger partial charge in [0.2, 0.25) is 0 Å². The van der Waals surface area contributed by atoms with Crippen molar-refractivity contribution >= 4 is 35.0 Å². The minimum atomic E-state index is -0.920. The molecular weight excluding hydrogens is 518 g/mol. The van der Waals surface area contributed by atoms with Crippen LogP contribution in [-0.4, -0.2) is 40.4 Å². The van der Waals surface area contributed by atoms with Gasteiger partial charge in [0.15, 0.2) is 0 Å². The van der Waals surface area contributed by atoms with Gasteiger partial charge >= 0.3 is 11.9 Å². The van der Waals surface area contributed by atoms with Crippen molar-refractivity contribution in [1.29, 1.82) is 0 Å². The van der Waals surface area contributed by atoms with E-state index < -0.39 is 11.9 Å². The normalized spacial score (nSPS) is 11.3. The Morgan fingerprint density at radius 1 is 0.854 bits per heavy atom. The first-order valence-corrected chi connectivity index (χ1v) is 13.9. The van der Waals surface area contributed by atoms with Gasteiger partial charge in [-0.2, -0.15) is 0 Å². The fourth-order valence-corrected chi connectivity index (χ4v) is 5.21. The Bertz CT molecular complexity index is 1520. The first-order valence-electron chi connectivity index (χ1n) is 13.9. The Morgan fingerprint density at radius 3 is 2.37 bits per heavy atom. The van der Waals surface area contributed by atoms with Crippen molar-refractivity contribution in [2.75, 3.05) is 13.7 Å². The van der Waals surface area contributed by atoms with Gasteiger partial charge in [-0.15, -0.1) is 0 Å². The molecular formula is C34H37NO6. The third kappa shape index (κ3) is 7.78. The second-order valence-corrected chi connectivity index (χ2v) is 10.1. The summed E-state index contributed by atoms with van der Waals surface area (Å²) in [4.78, 5) is 22.7. The minimum Gasteiger partial charge on any atom is -0.496 e. The van der Waals surface area contributed by atoms with Gasteiger partial charge in [0.25, 0.3) is 0 Å². The molecule has 0 saturated carbocycles. The third-order valence-corrected chi connectivity index (χ3v) is 7.25. The molecule has 7 nitrogen and oxygen atoms in total. The van der Waals surface area contributed by atoms with Crippen LogP contribution in [0.4, 0.5) is 0 Å². The van der Waals surface area contributed by atoms with Crippen molar-refractivity contribution in [3.63, 3.8) is 0 Å². The zero-order valence-electron chi connectivity index (χ0n) is 23.6. The van der Waals surface area contributed by atoms with Crippen molar-refractivity contribution in [3.8, 4) is 11.5 Å². The van der Waals surface area contributed by atoms with Crippen LogP contribution in [0.3, 0.4) is 0 Å². The lowest BCUT2D eigenvalue weighted by Crippen LogP contribution is -2.10. The van der Waals surface area contributed by atoms with E-state index in [4.69, 9.17) is 14.6 Å². The SMILES string of the molecule is COc1ccccc1CCCCOc1ccc(/C=C/c2cccc3c(CCCC(=O)O)c(C)n(CC(=O)O)c23)cc1. The fourth-order valence-electron chi connectivity index (χ4n) is 5.21. The average Bonchev–Trinajstić information content (AvgIpc) is 3.22. The molecule has 0 aliphatic rings. The van der Waals surface area contributed by atoms with E-state index >= 15 is 0 Å². The van der Waals surface area contributed by atoms with Crippen LogP contribution in [0.2, 0.25) is 0 Å². The van der Waals surface area contributed by atoms with Gasteiger partial charge in [-0.1, -0.05) is 60.7 Å². The highest BCUT2D eigenvalue weighted by atomic mass is 16.5. The van der Waals surface area contributed by atoms with Crippen LogP contribution in [0.15, 0.2) is 66.7 Å². The lowest BCUT2D eigenvalue weighted by atomic mass is 10.0. The van der Waals surface area contributed by atoms with Gasteiger partial charge in [-0.25, -0.2) is 0 Å². The van der Waals surface area contributed by atoms with Crippen molar-refractivity contribution in [2.24, 2.45) is 0 Å². The van der Waals surface area contributed by atoms with Crippen LogP contribution in [0.5, 0.6) is 11.5 Å². The number of methoxy groups -OCH3 is 1. The first kappa shape index (κ1) is 29.5. The predicted octanol–water partition coefficient (Wildman–Crippen LogP) is 7.02. The molecule has 3 aromatic carbocycles. The Kier molecular flexibility index (Phi) is 10.2. The highest BCUT2D eigenvalue weighted by Gasteiger charge is 2.18. The van der Waals surface area contributed by atoms with Crippen molar-refractivity contribution in [3.05, 3.63) is 94.7 Å². The van der Waals surface area contributed by atoms with E-state index in [1.165, 1.54) is 5.56 Å². The van der Waals surface area contributed by atoms with Crippen molar-refractivity contribution < 1.29 is 29.3 Å². The van der Waals surface area contributed by atoms with E-state index in [2.05, 4.69) is 6.07 Å². The molecule has 1 heterocycles. The largest absolute Gasteiger partial charge is 0.496 e. The van der Waals surface area contributed by atoms with Crippen LogP contribution >= 0.6 is 0 Å². The zero-order chi connectivity index (χ0) is 29.2. The summed E-state index contributed by atoms with van der Waals surface area (Å²) in [7, 11) is 1.70.